The van der Waals surface area contributed by atoms with Crippen molar-refractivity contribution in [2.75, 3.05) is 32.8 Å². The number of hydrogen-bond acceptors (Lipinski definition) is 6. The molecule has 0 spiro atoms. The van der Waals surface area contributed by atoms with E-state index in [0.717, 1.165) is 37.4 Å². The second-order valence-corrected chi connectivity index (χ2v) is 12.6. The van der Waals surface area contributed by atoms with Gasteiger partial charge in [0.15, 0.2) is 11.6 Å². The lowest BCUT2D eigenvalue weighted by Gasteiger charge is -2.34. The molecule has 10 heteroatoms. The predicted molar refractivity (Wildman–Crippen MR) is 201 cm³/mol. The lowest BCUT2D eigenvalue weighted by atomic mass is 10.1. The van der Waals surface area contributed by atoms with Crippen LogP contribution in [0, 0.1) is 12.7 Å². The number of pyridine rings is 1. The van der Waals surface area contributed by atoms with Crippen molar-refractivity contribution in [1.82, 2.24) is 14.8 Å². The van der Waals surface area contributed by atoms with Crippen molar-refractivity contribution in [3.05, 3.63) is 154 Å². The summed E-state index contributed by atoms with van der Waals surface area (Å²) in [5.74, 6) is 1.04. The molecule has 51 heavy (non-hydrogen) atoms. The van der Waals surface area contributed by atoms with Crippen LogP contribution in [0.25, 0.3) is 6.08 Å². The highest BCUT2D eigenvalue weighted by Gasteiger charge is 2.20. The van der Waals surface area contributed by atoms with E-state index in [1.54, 1.807) is 30.3 Å². The van der Waals surface area contributed by atoms with Gasteiger partial charge in [0.1, 0.15) is 18.1 Å². The fourth-order valence-corrected chi connectivity index (χ4v) is 5.76. The van der Waals surface area contributed by atoms with Crippen LogP contribution in [0.15, 0.2) is 115 Å². The van der Waals surface area contributed by atoms with E-state index < -0.39 is 5.82 Å². The zero-order chi connectivity index (χ0) is 34.7. The average molecular weight is 729 g/mol. The Morgan fingerprint density at radius 3 is 2.37 bits per heavy atom. The number of halogens is 3. The van der Waals surface area contributed by atoms with E-state index in [-0.39, 0.29) is 29.9 Å². The van der Waals surface area contributed by atoms with Crippen molar-refractivity contribution in [2.45, 2.75) is 26.5 Å². The highest BCUT2D eigenvalue weighted by molar-refractivity contribution is 6.31. The molecule has 1 amide bonds. The first kappa shape index (κ1) is 37.4. The SMILES string of the molecule is Cc1cccc(OCCc2ccc(CN3CCN(C(=O)C=Cc4ccc(Oc5ccc(OCc6ccccc6Cl)cn5)c(F)c4)CC3)cc2)c1.Cl. The predicted octanol–water partition coefficient (Wildman–Crippen LogP) is 8.95. The molecule has 2 heterocycles. The van der Waals surface area contributed by atoms with Gasteiger partial charge in [-0.1, -0.05) is 72.3 Å². The topological polar surface area (TPSA) is 64.1 Å². The van der Waals surface area contributed by atoms with Crippen LogP contribution < -0.4 is 14.2 Å². The number of ether oxygens (including phenoxy) is 3. The van der Waals surface area contributed by atoms with E-state index >= 15 is 0 Å². The maximum atomic E-state index is 14.9. The molecule has 0 aliphatic carbocycles. The first-order valence-corrected chi connectivity index (χ1v) is 17.0. The number of carbonyl (C=O) groups excluding carboxylic acids is 1. The molecule has 1 aromatic heterocycles. The molecule has 1 fully saturated rings. The number of nitrogens with zero attached hydrogens (tertiary/aromatic N) is 3. The van der Waals surface area contributed by atoms with Crippen molar-refractivity contribution >= 4 is 36.0 Å². The maximum absolute atomic E-state index is 14.9. The molecule has 1 aliphatic heterocycles. The summed E-state index contributed by atoms with van der Waals surface area (Å²) in [7, 11) is 0. The summed E-state index contributed by atoms with van der Waals surface area (Å²) >= 11 is 6.18. The number of piperazine rings is 1. The third-order valence-electron chi connectivity index (χ3n) is 8.41. The summed E-state index contributed by atoms with van der Waals surface area (Å²) in [4.78, 5) is 21.3. The number of aryl methyl sites for hydroxylation is 1. The van der Waals surface area contributed by atoms with Crippen molar-refractivity contribution in [1.29, 1.82) is 0 Å². The Kier molecular flexibility index (Phi) is 13.5. The molecule has 0 bridgehead atoms. The molecule has 1 saturated heterocycles. The van der Waals surface area contributed by atoms with E-state index in [4.69, 9.17) is 25.8 Å². The zero-order valence-electron chi connectivity index (χ0n) is 28.3. The van der Waals surface area contributed by atoms with Gasteiger partial charge in [0.2, 0.25) is 11.8 Å². The van der Waals surface area contributed by atoms with Crippen molar-refractivity contribution in [2.24, 2.45) is 0 Å². The highest BCUT2D eigenvalue weighted by Crippen LogP contribution is 2.26. The minimum atomic E-state index is -0.558. The van der Waals surface area contributed by atoms with Crippen molar-refractivity contribution in [3.63, 3.8) is 0 Å². The molecule has 5 aromatic rings. The Bertz CT molecular complexity index is 1910. The number of rotatable bonds is 13. The second-order valence-electron chi connectivity index (χ2n) is 12.2. The monoisotopic (exact) mass is 727 g/mol. The molecule has 0 atom stereocenters. The van der Waals surface area contributed by atoms with Gasteiger partial charge in [0, 0.05) is 61.9 Å². The number of hydrogen-bond donors (Lipinski definition) is 0. The minimum absolute atomic E-state index is 0. The van der Waals surface area contributed by atoms with Gasteiger partial charge >= 0.3 is 0 Å². The van der Waals surface area contributed by atoms with E-state index in [9.17, 15) is 9.18 Å². The smallest absolute Gasteiger partial charge is 0.246 e. The summed E-state index contributed by atoms with van der Waals surface area (Å²) in [5.41, 5.74) is 5.09. The lowest BCUT2D eigenvalue weighted by molar-refractivity contribution is -0.127. The van der Waals surface area contributed by atoms with Crippen LogP contribution in [0.1, 0.15) is 27.8 Å². The molecule has 264 valence electrons. The van der Waals surface area contributed by atoms with Gasteiger partial charge < -0.3 is 19.1 Å². The minimum Gasteiger partial charge on any atom is -0.493 e. The summed E-state index contributed by atoms with van der Waals surface area (Å²) in [6.07, 6.45) is 5.48. The summed E-state index contributed by atoms with van der Waals surface area (Å²) in [5, 5.41) is 0.627. The van der Waals surface area contributed by atoms with Crippen LogP contribution >= 0.6 is 24.0 Å². The number of amides is 1. The van der Waals surface area contributed by atoms with E-state index in [1.807, 2.05) is 41.3 Å². The molecule has 0 N–H and O–H groups in total. The van der Waals surface area contributed by atoms with Crippen LogP contribution in [0.5, 0.6) is 23.1 Å². The van der Waals surface area contributed by atoms with E-state index in [2.05, 4.69) is 47.1 Å². The van der Waals surface area contributed by atoms with Gasteiger partial charge in [-0.05, 0) is 71.7 Å². The molecule has 0 unspecified atom stereocenters. The summed E-state index contributed by atoms with van der Waals surface area (Å²) in [6.45, 7) is 6.67. The Morgan fingerprint density at radius 1 is 0.863 bits per heavy atom. The summed E-state index contributed by atoms with van der Waals surface area (Å²) < 4.78 is 32.2. The van der Waals surface area contributed by atoms with Crippen molar-refractivity contribution in [3.8, 4) is 23.1 Å². The third kappa shape index (κ3) is 11.0. The molecule has 7 nitrogen and oxygen atoms in total. The van der Waals surface area contributed by atoms with Gasteiger partial charge in [-0.25, -0.2) is 9.37 Å². The van der Waals surface area contributed by atoms with E-state index in [1.165, 1.54) is 41.1 Å². The fraction of sp³-hybridized carbons (Fsp3) is 0.220. The molecule has 1 aliphatic rings. The zero-order valence-corrected chi connectivity index (χ0v) is 29.9. The Labute approximate surface area is 309 Å². The van der Waals surface area contributed by atoms with Gasteiger partial charge in [-0.2, -0.15) is 0 Å². The van der Waals surface area contributed by atoms with Crippen LogP contribution in [0.4, 0.5) is 4.39 Å². The van der Waals surface area contributed by atoms with Gasteiger partial charge in [-0.15, -0.1) is 12.4 Å². The molecule has 0 radical (unpaired) electrons. The Hall–Kier alpha value is -4.89. The molecular formula is C41H40Cl2FN3O4. The van der Waals surface area contributed by atoms with Crippen LogP contribution in [-0.2, 0) is 24.4 Å². The van der Waals surface area contributed by atoms with Crippen LogP contribution in [0.2, 0.25) is 5.02 Å². The van der Waals surface area contributed by atoms with Gasteiger partial charge in [-0.3, -0.25) is 9.69 Å². The Morgan fingerprint density at radius 2 is 1.65 bits per heavy atom. The van der Waals surface area contributed by atoms with Crippen LogP contribution in [-0.4, -0.2) is 53.5 Å². The fourth-order valence-electron chi connectivity index (χ4n) is 5.57. The first-order valence-electron chi connectivity index (χ1n) is 16.6. The van der Waals surface area contributed by atoms with Gasteiger partial charge in [0.05, 0.1) is 12.8 Å². The normalized spacial score (nSPS) is 13.1. The molecule has 0 saturated carbocycles. The quantitative estimate of drug-likeness (QED) is 0.113. The molecule has 4 aromatic carbocycles. The van der Waals surface area contributed by atoms with Crippen LogP contribution in [0.3, 0.4) is 0 Å². The number of benzene rings is 4. The molecular weight excluding hydrogens is 688 g/mol. The number of carbonyl (C=O) groups is 1. The Balaban J connectivity index is 0.00000504. The van der Waals surface area contributed by atoms with Gasteiger partial charge in [0.25, 0.3) is 0 Å². The van der Waals surface area contributed by atoms with Crippen molar-refractivity contribution < 1.29 is 23.4 Å². The highest BCUT2D eigenvalue weighted by atomic mass is 35.5. The first-order chi connectivity index (χ1) is 24.4. The number of aromatic nitrogens is 1. The second kappa shape index (κ2) is 18.4. The maximum Gasteiger partial charge on any atom is 0.246 e. The largest absolute Gasteiger partial charge is 0.493 e. The standard InChI is InChI=1S/C41H39ClFN3O4.ClH/c1-30-5-4-7-35(25-30)48-24-19-31-9-11-33(12-10-31)28-45-20-22-46(23-21-45)41(47)18-14-32-13-16-39(38(43)26-32)50-40-17-15-36(27-44-40)49-29-34-6-2-3-8-37(34)42;/h2-18,25-27H,19-24,28-29H2,1H3;1H. The third-order valence-corrected chi connectivity index (χ3v) is 8.78. The summed E-state index contributed by atoms with van der Waals surface area (Å²) in [6, 6.07) is 32.1. The average Bonchev–Trinajstić information content (AvgIpc) is 3.13. The lowest BCUT2D eigenvalue weighted by Crippen LogP contribution is -2.47. The molecule has 6 rings (SSSR count). The van der Waals surface area contributed by atoms with E-state index in [0.29, 0.717) is 42.6 Å².